The van der Waals surface area contributed by atoms with Gasteiger partial charge in [0.1, 0.15) is 18.1 Å². The van der Waals surface area contributed by atoms with Crippen LogP contribution in [0.3, 0.4) is 0 Å². The van der Waals surface area contributed by atoms with Gasteiger partial charge in [-0.05, 0) is 39.0 Å². The lowest BCUT2D eigenvalue weighted by molar-refractivity contribution is -0.175. The van der Waals surface area contributed by atoms with E-state index in [1.807, 2.05) is 0 Å². The van der Waals surface area contributed by atoms with Gasteiger partial charge >= 0.3 is 12.1 Å². The molecule has 1 spiro atoms. The number of halogens is 3. The maximum atomic E-state index is 13.6. The van der Waals surface area contributed by atoms with Gasteiger partial charge in [0.05, 0.1) is 5.41 Å². The number of carbonyl (C=O) groups is 5. The van der Waals surface area contributed by atoms with Gasteiger partial charge in [0.2, 0.25) is 23.6 Å². The number of likely N-dealkylation sites (tertiary alicyclic amines) is 1. The van der Waals surface area contributed by atoms with E-state index in [-0.39, 0.29) is 37.3 Å². The Morgan fingerprint density at radius 3 is 2.26 bits per heavy atom. The highest BCUT2D eigenvalue weighted by Crippen LogP contribution is 2.43. The predicted molar refractivity (Wildman–Crippen MR) is 114 cm³/mol. The van der Waals surface area contributed by atoms with E-state index in [2.05, 4.69) is 5.32 Å². The van der Waals surface area contributed by atoms with Crippen molar-refractivity contribution in [2.45, 2.75) is 77.3 Å². The molecule has 34 heavy (non-hydrogen) atoms. The molecule has 1 unspecified atom stereocenters. The summed E-state index contributed by atoms with van der Waals surface area (Å²) in [6, 6.07) is -3.91. The van der Waals surface area contributed by atoms with Crippen molar-refractivity contribution in [1.82, 2.24) is 20.4 Å². The highest BCUT2D eigenvalue weighted by Gasteiger charge is 2.56. The Morgan fingerprint density at radius 1 is 1.24 bits per heavy atom. The van der Waals surface area contributed by atoms with Crippen LogP contribution in [0.1, 0.15) is 47.0 Å². The van der Waals surface area contributed by atoms with E-state index in [1.165, 1.54) is 11.9 Å². The molecule has 2 aliphatic rings. The van der Waals surface area contributed by atoms with E-state index in [0.29, 0.717) is 6.42 Å². The van der Waals surface area contributed by atoms with Crippen LogP contribution in [0.2, 0.25) is 0 Å². The third-order valence-electron chi connectivity index (χ3n) is 6.37. The SMILES string of the molecule is CC(C)C[C@@H](C(=O)N1C[C@]2(CC(C)NC2=O)C[C@H]1C(N)=O)N(C)C(=O)[C@H](C)NC(=O)C(F)(F)F. The smallest absolute Gasteiger partial charge is 0.368 e. The molecule has 2 fully saturated rings. The highest BCUT2D eigenvalue weighted by atomic mass is 19.4. The van der Waals surface area contributed by atoms with Gasteiger partial charge in [-0.25, -0.2) is 0 Å². The molecule has 0 aromatic heterocycles. The lowest BCUT2D eigenvalue weighted by Gasteiger charge is -2.35. The molecule has 0 aromatic carbocycles. The van der Waals surface area contributed by atoms with Crippen LogP contribution >= 0.6 is 0 Å². The third kappa shape index (κ3) is 5.61. The molecular formula is C21H32F3N5O5. The van der Waals surface area contributed by atoms with Crippen molar-refractivity contribution in [2.24, 2.45) is 17.1 Å². The van der Waals surface area contributed by atoms with Gasteiger partial charge in [-0.2, -0.15) is 13.2 Å². The maximum absolute atomic E-state index is 13.6. The van der Waals surface area contributed by atoms with Crippen LogP contribution in [-0.4, -0.2) is 83.3 Å². The summed E-state index contributed by atoms with van der Waals surface area (Å²) >= 11 is 0. The van der Waals surface area contributed by atoms with Crippen LogP contribution in [0, 0.1) is 11.3 Å². The number of nitrogens with zero attached hydrogens (tertiary/aromatic N) is 2. The van der Waals surface area contributed by atoms with Crippen LogP contribution in [0.15, 0.2) is 0 Å². The molecule has 2 heterocycles. The number of hydrogen-bond acceptors (Lipinski definition) is 5. The normalized spacial score (nSPS) is 26.4. The second kappa shape index (κ2) is 9.79. The minimum absolute atomic E-state index is 0.0499. The van der Waals surface area contributed by atoms with Gasteiger partial charge in [0.25, 0.3) is 0 Å². The minimum atomic E-state index is -5.17. The monoisotopic (exact) mass is 491 g/mol. The van der Waals surface area contributed by atoms with Crippen molar-refractivity contribution in [1.29, 1.82) is 0 Å². The zero-order valence-corrected chi connectivity index (χ0v) is 19.9. The first kappa shape index (κ1) is 27.4. The number of hydrogen-bond donors (Lipinski definition) is 3. The Labute approximate surface area is 195 Å². The highest BCUT2D eigenvalue weighted by molar-refractivity contribution is 5.96. The minimum Gasteiger partial charge on any atom is -0.368 e. The summed E-state index contributed by atoms with van der Waals surface area (Å²) in [7, 11) is 1.25. The lowest BCUT2D eigenvalue weighted by Crippen LogP contribution is -2.57. The predicted octanol–water partition coefficient (Wildman–Crippen LogP) is -0.0925. The van der Waals surface area contributed by atoms with Crippen LogP contribution in [0.25, 0.3) is 0 Å². The van der Waals surface area contributed by atoms with Crippen molar-refractivity contribution in [3.63, 3.8) is 0 Å². The summed E-state index contributed by atoms with van der Waals surface area (Å²) in [5, 5.41) is 4.38. The molecule has 5 atom stereocenters. The second-order valence-electron chi connectivity index (χ2n) is 9.73. The van der Waals surface area contributed by atoms with E-state index >= 15 is 0 Å². The van der Waals surface area contributed by atoms with Crippen molar-refractivity contribution < 1.29 is 37.1 Å². The molecule has 0 bridgehead atoms. The number of nitrogens with two attached hydrogens (primary N) is 1. The molecule has 0 saturated carbocycles. The van der Waals surface area contributed by atoms with E-state index in [4.69, 9.17) is 5.73 Å². The molecule has 2 rings (SSSR count). The summed E-state index contributed by atoms with van der Waals surface area (Å²) in [4.78, 5) is 64.6. The van der Waals surface area contributed by atoms with E-state index < -0.39 is 53.3 Å². The topological polar surface area (TPSA) is 142 Å². The standard InChI is InChI=1S/C21H32F3N5O5/c1-10(2)6-13(28(5)16(31)12(4)27-19(34)21(22,23)24)17(32)29-9-20(8-14(29)15(25)30)7-11(3)26-18(20)33/h10-14H,6-9H2,1-5H3,(H2,25,30)(H,26,33)(H,27,34)/t11?,12-,13-,14-,20-/m0/s1. The Bertz CT molecular complexity index is 864. The lowest BCUT2D eigenvalue weighted by atomic mass is 9.82. The third-order valence-corrected chi connectivity index (χ3v) is 6.37. The fraction of sp³-hybridized carbons (Fsp3) is 0.762. The molecule has 13 heteroatoms. The summed E-state index contributed by atoms with van der Waals surface area (Å²) in [5.74, 6) is -5.00. The molecule has 0 radical (unpaired) electrons. The summed E-state index contributed by atoms with van der Waals surface area (Å²) < 4.78 is 37.8. The van der Waals surface area contributed by atoms with Gasteiger partial charge in [-0.3, -0.25) is 24.0 Å². The fourth-order valence-electron chi connectivity index (χ4n) is 4.75. The summed E-state index contributed by atoms with van der Waals surface area (Å²) in [6.45, 7) is 6.40. The first-order valence-electron chi connectivity index (χ1n) is 11.0. The summed E-state index contributed by atoms with van der Waals surface area (Å²) in [6.07, 6.45) is -4.58. The Balaban J connectivity index is 2.30. The maximum Gasteiger partial charge on any atom is 0.471 e. The number of carbonyl (C=O) groups excluding carboxylic acids is 5. The first-order chi connectivity index (χ1) is 15.5. The Hall–Kier alpha value is -2.86. The number of nitrogens with one attached hydrogen (secondary N) is 2. The average Bonchev–Trinajstić information content (AvgIpc) is 3.22. The first-order valence-corrected chi connectivity index (χ1v) is 11.0. The number of likely N-dealkylation sites (N-methyl/N-ethyl adjacent to an activating group) is 1. The molecule has 4 N–H and O–H groups in total. The van der Waals surface area contributed by atoms with Gasteiger partial charge in [0, 0.05) is 19.6 Å². The van der Waals surface area contributed by atoms with E-state index in [9.17, 15) is 37.1 Å². The van der Waals surface area contributed by atoms with Crippen molar-refractivity contribution in [3.8, 4) is 0 Å². The van der Waals surface area contributed by atoms with Gasteiger partial charge in [-0.1, -0.05) is 13.8 Å². The molecule has 5 amide bonds. The largest absolute Gasteiger partial charge is 0.471 e. The second-order valence-corrected chi connectivity index (χ2v) is 9.73. The Morgan fingerprint density at radius 2 is 1.82 bits per heavy atom. The van der Waals surface area contributed by atoms with Crippen LogP contribution in [-0.2, 0) is 24.0 Å². The Kier molecular flexibility index (Phi) is 7.88. The molecule has 10 nitrogen and oxygen atoms in total. The van der Waals surface area contributed by atoms with Crippen LogP contribution < -0.4 is 16.4 Å². The molecule has 2 saturated heterocycles. The number of alkyl halides is 3. The average molecular weight is 492 g/mol. The van der Waals surface area contributed by atoms with Crippen molar-refractivity contribution in [2.75, 3.05) is 13.6 Å². The molecule has 192 valence electrons. The van der Waals surface area contributed by atoms with Gasteiger partial charge in [0.15, 0.2) is 0 Å². The number of primary amides is 1. The quantitative estimate of drug-likeness (QED) is 0.456. The van der Waals surface area contributed by atoms with Crippen molar-refractivity contribution >= 4 is 29.5 Å². The number of amides is 5. The fourth-order valence-corrected chi connectivity index (χ4v) is 4.75. The zero-order valence-electron chi connectivity index (χ0n) is 19.9. The van der Waals surface area contributed by atoms with Crippen LogP contribution in [0.4, 0.5) is 13.2 Å². The van der Waals surface area contributed by atoms with Crippen LogP contribution in [0.5, 0.6) is 0 Å². The van der Waals surface area contributed by atoms with Crippen molar-refractivity contribution in [3.05, 3.63) is 0 Å². The molecule has 0 aromatic rings. The van der Waals surface area contributed by atoms with E-state index in [0.717, 1.165) is 11.8 Å². The molecule has 2 aliphatic heterocycles. The van der Waals surface area contributed by atoms with Gasteiger partial charge < -0.3 is 26.2 Å². The summed E-state index contributed by atoms with van der Waals surface area (Å²) in [5.41, 5.74) is 4.56. The molecule has 0 aliphatic carbocycles. The zero-order chi connectivity index (χ0) is 26.2. The van der Waals surface area contributed by atoms with E-state index in [1.54, 1.807) is 26.1 Å². The molecular weight excluding hydrogens is 459 g/mol. The van der Waals surface area contributed by atoms with Gasteiger partial charge in [-0.15, -0.1) is 0 Å². The number of rotatable bonds is 7.